The maximum atomic E-state index is 14.6. The van der Waals surface area contributed by atoms with Gasteiger partial charge in [0, 0.05) is 23.3 Å². The number of aromatic hydroxyl groups is 4. The molecule has 0 aliphatic carbocycles. The highest BCUT2D eigenvalue weighted by atomic mass is 16.5. The van der Waals surface area contributed by atoms with Crippen molar-refractivity contribution in [2.45, 2.75) is 55.4 Å². The number of nitrogens with one attached hydrogen (secondary N) is 3. The van der Waals surface area contributed by atoms with Crippen LogP contribution in [-0.2, 0) is 0 Å². The van der Waals surface area contributed by atoms with Crippen molar-refractivity contribution >= 4 is 85.1 Å². The SMILES string of the molecule is Cc1cc(C)c(O)c(-n2nc3ccc(O/C=N\c4cc(NC(=O)c5ccc6nn(-c7cc(C)cc(C)c7O)nc6c5)c(NC(=O)c5ccc6nn(-c7cc(C)cc(C)c7O)nc6c5)cc4NCOc4ccc5nn(-c6cc(C)cc(C)c6O)nc5c4)cc3n2)c1. The van der Waals surface area contributed by atoms with Gasteiger partial charge >= 0.3 is 0 Å². The van der Waals surface area contributed by atoms with Gasteiger partial charge in [-0.3, -0.25) is 9.59 Å². The highest BCUT2D eigenvalue weighted by Gasteiger charge is 2.22. The van der Waals surface area contributed by atoms with Crippen molar-refractivity contribution in [3.05, 3.63) is 189 Å². The molecule has 0 radical (unpaired) electrons. The lowest BCUT2D eigenvalue weighted by Gasteiger charge is -2.18. The number of anilines is 3. The molecular formula is C66H56N16O8. The van der Waals surface area contributed by atoms with Gasteiger partial charge in [0.15, 0.2) is 13.1 Å². The molecule has 0 spiro atoms. The number of aromatic nitrogens is 12. The van der Waals surface area contributed by atoms with E-state index in [1.54, 1.807) is 130 Å². The van der Waals surface area contributed by atoms with Gasteiger partial charge < -0.3 is 45.9 Å². The highest BCUT2D eigenvalue weighted by molar-refractivity contribution is 6.12. The Bertz CT molecular complexity index is 5140. The zero-order chi connectivity index (χ0) is 62.8. The molecule has 448 valence electrons. The number of benzene rings is 9. The minimum absolute atomic E-state index is 0.0188. The quantitative estimate of drug-likeness (QED) is 0.0285. The summed E-state index contributed by atoms with van der Waals surface area (Å²) in [5.74, 6) is -0.248. The Morgan fingerprint density at radius 3 is 1.17 bits per heavy atom. The van der Waals surface area contributed by atoms with E-state index in [4.69, 9.17) is 14.5 Å². The van der Waals surface area contributed by atoms with E-state index in [2.05, 4.69) is 56.7 Å². The van der Waals surface area contributed by atoms with E-state index in [0.717, 1.165) is 22.3 Å². The third-order valence-electron chi connectivity index (χ3n) is 15.1. The van der Waals surface area contributed by atoms with Crippen LogP contribution in [0.1, 0.15) is 65.2 Å². The van der Waals surface area contributed by atoms with Crippen molar-refractivity contribution in [1.82, 2.24) is 60.0 Å². The number of ether oxygens (including phenoxy) is 2. The standard InChI is InChI=1S/C66H56N16O8/c1-33-17-37(5)61(83)57(21-33)79-71-45-13-9-41(25-53(45)75-79)65(87)69-51-29-49(67-31-89-43-11-15-47-55(27-43)77-81(73-47)59-23-35(3)19-39(7)63(59)85)50(68-32-90-44-12-16-48-56(28-44)78-82(74-48)60-24-36(4)20-40(8)64(60)86)30-52(51)70-66(88)42-10-14-46-54(26-42)76-80(72-46)58-22-34(2)18-38(6)62(58)84/h9-31,68,83-86H,32H2,1-8H3,(H,69,87)(H,70,88)/b67-31-. The Hall–Kier alpha value is -12.2. The van der Waals surface area contributed by atoms with Crippen molar-refractivity contribution in [3.63, 3.8) is 0 Å². The van der Waals surface area contributed by atoms with Gasteiger partial charge in [-0.1, -0.05) is 24.3 Å². The Balaban J connectivity index is 0.858. The molecule has 0 saturated carbocycles. The maximum Gasteiger partial charge on any atom is 0.255 e. The molecule has 0 bridgehead atoms. The Morgan fingerprint density at radius 1 is 0.411 bits per heavy atom. The molecule has 13 rings (SSSR count). The van der Waals surface area contributed by atoms with Crippen molar-refractivity contribution in [2.75, 3.05) is 22.7 Å². The van der Waals surface area contributed by atoms with Gasteiger partial charge in [0.05, 0.1) is 22.7 Å². The molecule has 0 fully saturated rings. The molecule has 2 amide bonds. The average molecular weight is 1200 g/mol. The third kappa shape index (κ3) is 11.1. The van der Waals surface area contributed by atoms with E-state index in [1.165, 1.54) is 25.6 Å². The first-order valence-electron chi connectivity index (χ1n) is 28.3. The predicted octanol–water partition coefficient (Wildman–Crippen LogP) is 11.6. The molecule has 0 saturated heterocycles. The third-order valence-corrected chi connectivity index (χ3v) is 15.1. The number of hydrogen-bond donors (Lipinski definition) is 7. The summed E-state index contributed by atoms with van der Waals surface area (Å²) in [7, 11) is 0. The average Bonchev–Trinajstić information content (AvgIpc) is 3.82. The maximum absolute atomic E-state index is 14.6. The summed E-state index contributed by atoms with van der Waals surface area (Å²) in [6.07, 6.45) is 1.21. The van der Waals surface area contributed by atoms with Crippen LogP contribution in [-0.4, -0.2) is 105 Å². The number of aliphatic imine (C=N–C) groups is 1. The number of phenolic OH excluding ortho intramolecular Hbond substituents is 4. The van der Waals surface area contributed by atoms with Crippen LogP contribution in [0.4, 0.5) is 22.7 Å². The normalized spacial score (nSPS) is 11.6. The summed E-state index contributed by atoms with van der Waals surface area (Å²) in [6, 6.07) is 37.6. The lowest BCUT2D eigenvalue weighted by Crippen LogP contribution is -2.18. The molecule has 0 unspecified atom stereocenters. The van der Waals surface area contributed by atoms with Gasteiger partial charge in [-0.25, -0.2) is 4.99 Å². The van der Waals surface area contributed by atoms with Gasteiger partial charge in [-0.2, -0.15) is 0 Å². The van der Waals surface area contributed by atoms with Crippen LogP contribution in [0, 0.1) is 55.4 Å². The topological polar surface area (TPSA) is 305 Å². The summed E-state index contributed by atoms with van der Waals surface area (Å²) in [5, 5.41) is 89.9. The van der Waals surface area contributed by atoms with Gasteiger partial charge in [-0.05, 0) is 197 Å². The number of aryl methyl sites for hydroxylation is 8. The van der Waals surface area contributed by atoms with E-state index in [0.29, 0.717) is 106 Å². The van der Waals surface area contributed by atoms with Crippen LogP contribution in [0.5, 0.6) is 34.5 Å². The highest BCUT2D eigenvalue weighted by Crippen LogP contribution is 2.38. The molecule has 0 aliphatic heterocycles. The van der Waals surface area contributed by atoms with Crippen LogP contribution in [0.15, 0.2) is 138 Å². The van der Waals surface area contributed by atoms with Gasteiger partial charge in [0.2, 0.25) is 0 Å². The fourth-order valence-corrected chi connectivity index (χ4v) is 10.6. The van der Waals surface area contributed by atoms with Gasteiger partial charge in [0.1, 0.15) is 101 Å². The Kier molecular flexibility index (Phi) is 14.3. The Morgan fingerprint density at radius 2 is 0.756 bits per heavy atom. The summed E-state index contributed by atoms with van der Waals surface area (Å²) >= 11 is 0. The fourth-order valence-electron chi connectivity index (χ4n) is 10.6. The number of carbonyl (C=O) groups is 2. The van der Waals surface area contributed by atoms with Crippen LogP contribution < -0.4 is 25.4 Å². The molecule has 4 aromatic heterocycles. The number of rotatable bonds is 15. The van der Waals surface area contributed by atoms with Crippen molar-refractivity contribution in [1.29, 1.82) is 0 Å². The van der Waals surface area contributed by atoms with Crippen LogP contribution in [0.25, 0.3) is 66.9 Å². The molecule has 13 aromatic rings. The van der Waals surface area contributed by atoms with E-state index in [1.807, 2.05) is 58.9 Å². The number of carbonyl (C=O) groups excluding carboxylic acids is 2. The summed E-state index contributed by atoms with van der Waals surface area (Å²) in [4.78, 5) is 39.4. The van der Waals surface area contributed by atoms with Gasteiger partial charge in [0.25, 0.3) is 11.8 Å². The second kappa shape index (κ2) is 22.6. The van der Waals surface area contributed by atoms with Gasteiger partial charge in [-0.15, -0.1) is 60.0 Å². The summed E-state index contributed by atoms with van der Waals surface area (Å²) in [6.45, 7) is 14.7. The fraction of sp³-hybridized carbons (Fsp3) is 0.136. The van der Waals surface area contributed by atoms with E-state index >= 15 is 0 Å². The van der Waals surface area contributed by atoms with Crippen LogP contribution >= 0.6 is 0 Å². The number of hydrogen-bond acceptors (Lipinski definition) is 18. The molecule has 7 N–H and O–H groups in total. The van der Waals surface area contributed by atoms with Crippen molar-refractivity contribution < 1.29 is 39.5 Å². The van der Waals surface area contributed by atoms with E-state index in [9.17, 15) is 30.0 Å². The number of nitrogens with zero attached hydrogens (tertiary/aromatic N) is 13. The second-order valence-corrected chi connectivity index (χ2v) is 22.1. The number of amides is 2. The molecule has 24 heteroatoms. The lowest BCUT2D eigenvalue weighted by atomic mass is 10.1. The monoisotopic (exact) mass is 1200 g/mol. The smallest absolute Gasteiger partial charge is 0.255 e. The molecule has 9 aromatic carbocycles. The minimum atomic E-state index is -0.588. The first-order valence-corrected chi connectivity index (χ1v) is 28.3. The first-order chi connectivity index (χ1) is 43.2. The summed E-state index contributed by atoms with van der Waals surface area (Å²) < 4.78 is 12.4. The largest absolute Gasteiger partial charge is 0.505 e. The number of fused-ring (bicyclic) bond motifs is 4. The zero-order valence-corrected chi connectivity index (χ0v) is 49.7. The molecule has 24 nitrogen and oxygen atoms in total. The lowest BCUT2D eigenvalue weighted by molar-refractivity contribution is 0.101. The molecule has 0 aliphatic rings. The molecule has 90 heavy (non-hydrogen) atoms. The van der Waals surface area contributed by atoms with Crippen LogP contribution in [0.3, 0.4) is 0 Å². The van der Waals surface area contributed by atoms with E-state index < -0.39 is 11.8 Å². The Labute approximate surface area is 511 Å². The predicted molar refractivity (Wildman–Crippen MR) is 340 cm³/mol. The van der Waals surface area contributed by atoms with Crippen molar-refractivity contribution in [2.24, 2.45) is 4.99 Å². The minimum Gasteiger partial charge on any atom is -0.505 e. The summed E-state index contributed by atoms with van der Waals surface area (Å²) in [5.41, 5.74) is 12.8. The number of phenols is 4. The molecule has 0 atom stereocenters. The first kappa shape index (κ1) is 56.9. The van der Waals surface area contributed by atoms with E-state index in [-0.39, 0.29) is 57.9 Å². The molecular weight excluding hydrogens is 1140 g/mol. The zero-order valence-electron chi connectivity index (χ0n) is 49.7. The molecule has 4 heterocycles. The second-order valence-electron chi connectivity index (χ2n) is 22.1. The van der Waals surface area contributed by atoms with Crippen molar-refractivity contribution in [3.8, 4) is 57.2 Å². The van der Waals surface area contributed by atoms with Crippen LogP contribution in [0.2, 0.25) is 0 Å².